The number of carbonyl (C=O) groups is 1. The number of rotatable bonds is 7. The lowest BCUT2D eigenvalue weighted by Crippen LogP contribution is -2.52. The molecular weight excluding hydrogens is 447 g/mol. The number of benzene rings is 1. The molecule has 2 fully saturated rings. The third kappa shape index (κ3) is 5.41. The van der Waals surface area contributed by atoms with Gasteiger partial charge in [0.1, 0.15) is 5.82 Å². The van der Waals surface area contributed by atoms with E-state index < -0.39 is 0 Å². The summed E-state index contributed by atoms with van der Waals surface area (Å²) in [4.78, 5) is 20.0. The van der Waals surface area contributed by atoms with Gasteiger partial charge in [-0.15, -0.1) is 0 Å². The summed E-state index contributed by atoms with van der Waals surface area (Å²) in [5.41, 5.74) is 2.92. The van der Waals surface area contributed by atoms with Crippen molar-refractivity contribution in [2.45, 2.75) is 58.0 Å². The van der Waals surface area contributed by atoms with Crippen LogP contribution in [0.5, 0.6) is 0 Å². The zero-order valence-corrected chi connectivity index (χ0v) is 20.4. The maximum absolute atomic E-state index is 13.8. The van der Waals surface area contributed by atoms with Crippen LogP contribution in [-0.2, 0) is 16.1 Å². The molecule has 0 aliphatic carbocycles. The Hall–Kier alpha value is -2.78. The Morgan fingerprint density at radius 1 is 1.11 bits per heavy atom. The molecule has 2 aromatic rings. The van der Waals surface area contributed by atoms with E-state index in [2.05, 4.69) is 37.1 Å². The van der Waals surface area contributed by atoms with Gasteiger partial charge in [0.15, 0.2) is 0 Å². The van der Waals surface area contributed by atoms with E-state index in [1.807, 2.05) is 18.3 Å². The fourth-order valence-corrected chi connectivity index (χ4v) is 5.55. The van der Waals surface area contributed by atoms with Crippen LogP contribution in [0.25, 0.3) is 0 Å². The number of aromatic nitrogens is 2. The lowest BCUT2D eigenvalue weighted by atomic mass is 9.93. The highest BCUT2D eigenvalue weighted by molar-refractivity contribution is 5.79. The first-order chi connectivity index (χ1) is 17.1. The smallest absolute Gasteiger partial charge is 0.225 e. The SMILES string of the molecule is CCCOC1Nc2cc(F)ccc2N1C1CCN(C(=O)C2CCN(Cc3ccnnc3)CC2)CC1. The quantitative estimate of drug-likeness (QED) is 0.648. The summed E-state index contributed by atoms with van der Waals surface area (Å²) in [6.45, 7) is 6.93. The van der Waals surface area contributed by atoms with Crippen molar-refractivity contribution in [3.05, 3.63) is 48.0 Å². The number of hydrogen-bond donors (Lipinski definition) is 1. The zero-order valence-electron chi connectivity index (χ0n) is 20.4. The van der Waals surface area contributed by atoms with Crippen LogP contribution in [0.3, 0.4) is 0 Å². The summed E-state index contributed by atoms with van der Waals surface area (Å²) in [7, 11) is 0. The van der Waals surface area contributed by atoms with Crippen LogP contribution >= 0.6 is 0 Å². The van der Waals surface area contributed by atoms with E-state index in [4.69, 9.17) is 4.74 Å². The second kappa shape index (κ2) is 10.9. The van der Waals surface area contributed by atoms with Gasteiger partial charge in [-0.25, -0.2) is 4.39 Å². The van der Waals surface area contributed by atoms with Gasteiger partial charge in [0.05, 0.1) is 24.2 Å². The van der Waals surface area contributed by atoms with Crippen molar-refractivity contribution in [1.82, 2.24) is 20.0 Å². The van der Waals surface area contributed by atoms with Crippen LogP contribution < -0.4 is 10.2 Å². The van der Waals surface area contributed by atoms with Gasteiger partial charge in [-0.05, 0) is 75.0 Å². The number of carbonyl (C=O) groups excluding carboxylic acids is 1. The largest absolute Gasteiger partial charge is 0.342 e. The number of nitrogens with one attached hydrogen (secondary N) is 1. The lowest BCUT2D eigenvalue weighted by Gasteiger charge is -2.41. The van der Waals surface area contributed by atoms with Crippen molar-refractivity contribution >= 4 is 17.3 Å². The highest BCUT2D eigenvalue weighted by Gasteiger charge is 2.38. The average Bonchev–Trinajstić information content (AvgIpc) is 3.25. The van der Waals surface area contributed by atoms with Crippen LogP contribution in [0.1, 0.15) is 44.6 Å². The average molecular weight is 483 g/mol. The number of nitrogens with zero attached hydrogens (tertiary/aromatic N) is 5. The van der Waals surface area contributed by atoms with Gasteiger partial charge in [-0.2, -0.15) is 10.2 Å². The number of ether oxygens (including phenoxy) is 1. The Kier molecular flexibility index (Phi) is 7.43. The molecule has 1 unspecified atom stereocenters. The Labute approximate surface area is 206 Å². The van der Waals surface area contributed by atoms with Crippen molar-refractivity contribution < 1.29 is 13.9 Å². The van der Waals surface area contributed by atoms with Crippen molar-refractivity contribution in [2.24, 2.45) is 5.92 Å². The predicted octanol–water partition coefficient (Wildman–Crippen LogP) is 3.46. The molecule has 188 valence electrons. The number of amides is 1. The molecular formula is C26H35FN6O2. The lowest BCUT2D eigenvalue weighted by molar-refractivity contribution is -0.138. The van der Waals surface area contributed by atoms with E-state index in [0.29, 0.717) is 12.5 Å². The summed E-state index contributed by atoms with van der Waals surface area (Å²) in [6, 6.07) is 7.12. The van der Waals surface area contributed by atoms with Gasteiger partial charge in [0.2, 0.25) is 12.3 Å². The standard InChI is InChI=1S/C26H35FN6O2/c1-2-15-35-26-30-23-16-21(27)3-4-24(23)33(26)22-8-13-32(14-9-22)25(34)20-6-11-31(12-7-20)18-19-5-10-28-29-17-19/h3-5,10,16-17,20,22,26,30H,2,6-9,11-15,18H2,1H3. The van der Waals surface area contributed by atoms with Gasteiger partial charge in [0, 0.05) is 37.8 Å². The number of likely N-dealkylation sites (tertiary alicyclic amines) is 2. The van der Waals surface area contributed by atoms with Crippen molar-refractivity contribution in [3.63, 3.8) is 0 Å². The summed E-state index contributed by atoms with van der Waals surface area (Å²) in [6.07, 6.45) is 7.72. The van der Waals surface area contributed by atoms with Crippen LogP contribution in [-0.4, -0.2) is 71.1 Å². The Bertz CT molecular complexity index is 993. The third-order valence-electron chi connectivity index (χ3n) is 7.41. The molecule has 0 radical (unpaired) electrons. The molecule has 9 heteroatoms. The van der Waals surface area contributed by atoms with Crippen LogP contribution in [0.15, 0.2) is 36.7 Å². The molecule has 1 aromatic heterocycles. The third-order valence-corrected chi connectivity index (χ3v) is 7.41. The van der Waals surface area contributed by atoms with Gasteiger partial charge in [-0.1, -0.05) is 6.92 Å². The minimum atomic E-state index is -0.293. The van der Waals surface area contributed by atoms with E-state index in [1.54, 1.807) is 6.20 Å². The number of anilines is 2. The molecule has 3 aliphatic rings. The van der Waals surface area contributed by atoms with Crippen LogP contribution in [0.2, 0.25) is 0 Å². The first kappa shape index (κ1) is 23.9. The highest BCUT2D eigenvalue weighted by atomic mass is 19.1. The summed E-state index contributed by atoms with van der Waals surface area (Å²) < 4.78 is 19.9. The topological polar surface area (TPSA) is 73.8 Å². The van der Waals surface area contributed by atoms with Crippen LogP contribution in [0.4, 0.5) is 15.8 Å². The minimum absolute atomic E-state index is 0.108. The van der Waals surface area contributed by atoms with E-state index in [9.17, 15) is 9.18 Å². The molecule has 5 rings (SSSR count). The van der Waals surface area contributed by atoms with Crippen LogP contribution in [0, 0.1) is 11.7 Å². The van der Waals surface area contributed by atoms with Crippen molar-refractivity contribution in [1.29, 1.82) is 0 Å². The molecule has 0 saturated carbocycles. The van der Waals surface area contributed by atoms with Gasteiger partial charge < -0.3 is 19.9 Å². The Balaban J connectivity index is 1.15. The number of piperidine rings is 2. The first-order valence-electron chi connectivity index (χ1n) is 12.8. The molecule has 8 nitrogen and oxygen atoms in total. The van der Waals surface area contributed by atoms with E-state index in [1.165, 1.54) is 12.1 Å². The zero-order chi connectivity index (χ0) is 24.2. The molecule has 0 spiro atoms. The number of hydrogen-bond acceptors (Lipinski definition) is 7. The van der Waals surface area contributed by atoms with Crippen molar-refractivity contribution in [2.75, 3.05) is 43.0 Å². The van der Waals surface area contributed by atoms with Gasteiger partial charge in [-0.3, -0.25) is 9.69 Å². The number of fused-ring (bicyclic) bond motifs is 1. The maximum atomic E-state index is 13.8. The van der Waals surface area contributed by atoms with Crippen molar-refractivity contribution in [3.8, 4) is 0 Å². The fourth-order valence-electron chi connectivity index (χ4n) is 5.55. The second-order valence-corrected chi connectivity index (χ2v) is 9.79. The molecule has 35 heavy (non-hydrogen) atoms. The predicted molar refractivity (Wildman–Crippen MR) is 132 cm³/mol. The Morgan fingerprint density at radius 2 is 1.91 bits per heavy atom. The molecule has 2 saturated heterocycles. The summed E-state index contributed by atoms with van der Waals surface area (Å²) in [5.74, 6) is 0.155. The van der Waals surface area contributed by atoms with Gasteiger partial charge in [0.25, 0.3) is 0 Å². The van der Waals surface area contributed by atoms with E-state index in [0.717, 1.165) is 81.8 Å². The Morgan fingerprint density at radius 3 is 2.63 bits per heavy atom. The van der Waals surface area contributed by atoms with Gasteiger partial charge >= 0.3 is 0 Å². The van der Waals surface area contributed by atoms with E-state index >= 15 is 0 Å². The first-order valence-corrected chi connectivity index (χ1v) is 12.8. The molecule has 4 heterocycles. The molecule has 0 bridgehead atoms. The molecule has 1 atom stereocenters. The minimum Gasteiger partial charge on any atom is -0.342 e. The summed E-state index contributed by atoms with van der Waals surface area (Å²) >= 11 is 0. The second-order valence-electron chi connectivity index (χ2n) is 9.79. The maximum Gasteiger partial charge on any atom is 0.225 e. The molecule has 1 N–H and O–H groups in total. The molecule has 1 aromatic carbocycles. The molecule has 1 amide bonds. The fraction of sp³-hybridized carbons (Fsp3) is 0.577. The monoisotopic (exact) mass is 482 g/mol. The van der Waals surface area contributed by atoms with E-state index in [-0.39, 0.29) is 24.1 Å². The highest BCUT2D eigenvalue weighted by Crippen LogP contribution is 2.39. The normalized spacial score (nSPS) is 21.7. The molecule has 3 aliphatic heterocycles. The number of halogens is 1. The summed E-state index contributed by atoms with van der Waals surface area (Å²) in [5, 5.41) is 11.1.